The summed E-state index contributed by atoms with van der Waals surface area (Å²) in [6.45, 7) is 3.21. The molecule has 0 aliphatic rings. The fourth-order valence-electron chi connectivity index (χ4n) is 2.65. The maximum absolute atomic E-state index is 12.3. The van der Waals surface area contributed by atoms with Gasteiger partial charge in [0.15, 0.2) is 11.9 Å². The highest BCUT2D eigenvalue weighted by Crippen LogP contribution is 2.22. The molecule has 0 heterocycles. The number of hydrogen-bond donors (Lipinski definition) is 1. The Bertz CT molecular complexity index is 916. The van der Waals surface area contributed by atoms with Crippen molar-refractivity contribution in [2.24, 2.45) is 0 Å². The van der Waals surface area contributed by atoms with E-state index in [0.29, 0.717) is 17.0 Å². The Morgan fingerprint density at radius 2 is 1.41 bits per heavy atom. The van der Waals surface area contributed by atoms with Crippen molar-refractivity contribution >= 4 is 17.4 Å². The number of rotatable bonds is 6. The molecule has 136 valence electrons. The van der Waals surface area contributed by atoms with E-state index < -0.39 is 6.10 Å². The fourth-order valence-corrected chi connectivity index (χ4v) is 2.65. The van der Waals surface area contributed by atoms with Gasteiger partial charge in [-0.25, -0.2) is 0 Å². The van der Waals surface area contributed by atoms with Crippen LogP contribution < -0.4 is 10.1 Å². The van der Waals surface area contributed by atoms with Crippen molar-refractivity contribution in [3.05, 3.63) is 84.4 Å². The molecule has 4 nitrogen and oxygen atoms in total. The van der Waals surface area contributed by atoms with Crippen molar-refractivity contribution in [3.8, 4) is 16.9 Å². The van der Waals surface area contributed by atoms with E-state index in [2.05, 4.69) is 5.32 Å². The van der Waals surface area contributed by atoms with Gasteiger partial charge < -0.3 is 10.1 Å². The van der Waals surface area contributed by atoms with Gasteiger partial charge in [0, 0.05) is 11.3 Å². The second-order valence-electron chi connectivity index (χ2n) is 6.27. The summed E-state index contributed by atoms with van der Waals surface area (Å²) in [5.74, 6) is 0.366. The lowest BCUT2D eigenvalue weighted by atomic mass is 10.1. The van der Waals surface area contributed by atoms with Crippen molar-refractivity contribution in [2.75, 3.05) is 5.32 Å². The van der Waals surface area contributed by atoms with Gasteiger partial charge in [-0.3, -0.25) is 9.59 Å². The van der Waals surface area contributed by atoms with Crippen LogP contribution in [0, 0.1) is 0 Å². The van der Waals surface area contributed by atoms with Crippen LogP contribution in [0.15, 0.2) is 78.9 Å². The van der Waals surface area contributed by atoms with Gasteiger partial charge in [-0.1, -0.05) is 42.5 Å². The van der Waals surface area contributed by atoms with Gasteiger partial charge in [-0.05, 0) is 61.4 Å². The summed E-state index contributed by atoms with van der Waals surface area (Å²) in [6.07, 6.45) is -0.653. The highest BCUT2D eigenvalue weighted by Gasteiger charge is 2.15. The van der Waals surface area contributed by atoms with E-state index in [1.54, 1.807) is 31.2 Å². The van der Waals surface area contributed by atoms with Crippen LogP contribution in [-0.2, 0) is 4.79 Å². The lowest BCUT2D eigenvalue weighted by molar-refractivity contribution is -0.122. The van der Waals surface area contributed by atoms with Crippen LogP contribution in [0.2, 0.25) is 0 Å². The molecule has 1 N–H and O–H groups in total. The average Bonchev–Trinajstić information content (AvgIpc) is 2.69. The predicted molar refractivity (Wildman–Crippen MR) is 107 cm³/mol. The van der Waals surface area contributed by atoms with E-state index in [0.717, 1.165) is 11.1 Å². The number of amides is 1. The SMILES string of the molecule is CC(=O)c1ccc(NC(=O)[C@@H](C)Oc2ccc(-c3ccccc3)cc2)cc1. The molecule has 1 atom stereocenters. The lowest BCUT2D eigenvalue weighted by Crippen LogP contribution is -2.30. The molecule has 3 rings (SSSR count). The molecule has 0 aliphatic heterocycles. The van der Waals surface area contributed by atoms with E-state index in [9.17, 15) is 9.59 Å². The molecule has 27 heavy (non-hydrogen) atoms. The van der Waals surface area contributed by atoms with Crippen LogP contribution in [-0.4, -0.2) is 17.8 Å². The number of hydrogen-bond acceptors (Lipinski definition) is 3. The number of anilines is 1. The summed E-state index contributed by atoms with van der Waals surface area (Å²) in [5.41, 5.74) is 3.45. The second-order valence-corrected chi connectivity index (χ2v) is 6.27. The minimum atomic E-state index is -0.653. The molecule has 0 spiro atoms. The van der Waals surface area contributed by atoms with Crippen LogP contribution in [0.25, 0.3) is 11.1 Å². The van der Waals surface area contributed by atoms with Crippen molar-refractivity contribution in [1.29, 1.82) is 0 Å². The maximum Gasteiger partial charge on any atom is 0.265 e. The molecular weight excluding hydrogens is 338 g/mol. The first-order valence-electron chi connectivity index (χ1n) is 8.77. The van der Waals surface area contributed by atoms with E-state index in [-0.39, 0.29) is 11.7 Å². The van der Waals surface area contributed by atoms with Crippen molar-refractivity contribution < 1.29 is 14.3 Å². The quantitative estimate of drug-likeness (QED) is 0.633. The van der Waals surface area contributed by atoms with E-state index in [1.807, 2.05) is 54.6 Å². The zero-order valence-electron chi connectivity index (χ0n) is 15.3. The average molecular weight is 359 g/mol. The number of nitrogens with one attached hydrogen (secondary N) is 1. The molecule has 4 heteroatoms. The highest BCUT2D eigenvalue weighted by molar-refractivity contribution is 5.96. The van der Waals surface area contributed by atoms with Gasteiger partial charge in [0.2, 0.25) is 0 Å². The third kappa shape index (κ3) is 4.82. The third-order valence-electron chi connectivity index (χ3n) is 4.20. The molecule has 0 radical (unpaired) electrons. The highest BCUT2D eigenvalue weighted by atomic mass is 16.5. The zero-order valence-corrected chi connectivity index (χ0v) is 15.3. The first-order valence-corrected chi connectivity index (χ1v) is 8.77. The molecule has 0 fully saturated rings. The van der Waals surface area contributed by atoms with Crippen LogP contribution in [0.3, 0.4) is 0 Å². The Morgan fingerprint density at radius 3 is 2.00 bits per heavy atom. The summed E-state index contributed by atoms with van der Waals surface area (Å²) in [6, 6.07) is 24.5. The van der Waals surface area contributed by atoms with E-state index in [4.69, 9.17) is 4.74 Å². The number of carbonyl (C=O) groups is 2. The molecule has 1 amide bonds. The summed E-state index contributed by atoms with van der Waals surface area (Å²) < 4.78 is 5.74. The van der Waals surface area contributed by atoms with Crippen molar-refractivity contribution in [3.63, 3.8) is 0 Å². The van der Waals surface area contributed by atoms with Gasteiger partial charge in [0.25, 0.3) is 5.91 Å². The van der Waals surface area contributed by atoms with Gasteiger partial charge in [-0.2, -0.15) is 0 Å². The first-order chi connectivity index (χ1) is 13.0. The van der Waals surface area contributed by atoms with Gasteiger partial charge in [0.05, 0.1) is 0 Å². The Balaban J connectivity index is 1.60. The maximum atomic E-state index is 12.3. The molecule has 0 bridgehead atoms. The number of ketones is 1. The standard InChI is InChI=1S/C23H21NO3/c1-16(25)18-8-12-21(13-9-18)24-23(26)17(2)27-22-14-10-20(11-15-22)19-6-4-3-5-7-19/h3-15,17H,1-2H3,(H,24,26)/t17-/m1/s1. The van der Waals surface area contributed by atoms with Gasteiger partial charge >= 0.3 is 0 Å². The summed E-state index contributed by atoms with van der Waals surface area (Å²) in [7, 11) is 0. The minimum absolute atomic E-state index is 0.0106. The Morgan fingerprint density at radius 1 is 0.815 bits per heavy atom. The zero-order chi connectivity index (χ0) is 19.2. The van der Waals surface area contributed by atoms with Crippen molar-refractivity contribution in [1.82, 2.24) is 0 Å². The smallest absolute Gasteiger partial charge is 0.265 e. The molecule has 0 unspecified atom stereocenters. The number of Topliss-reactive ketones (excluding diaryl/α,β-unsaturated/α-hetero) is 1. The molecule has 3 aromatic carbocycles. The molecular formula is C23H21NO3. The number of ether oxygens (including phenoxy) is 1. The summed E-state index contributed by atoms with van der Waals surface area (Å²) >= 11 is 0. The predicted octanol–water partition coefficient (Wildman–Crippen LogP) is 4.96. The number of carbonyl (C=O) groups excluding carboxylic acids is 2. The topological polar surface area (TPSA) is 55.4 Å². The molecule has 0 saturated carbocycles. The Labute approximate surface area is 158 Å². The van der Waals surface area contributed by atoms with Crippen LogP contribution in [0.4, 0.5) is 5.69 Å². The fraction of sp³-hybridized carbons (Fsp3) is 0.130. The first kappa shape index (κ1) is 18.4. The van der Waals surface area contributed by atoms with Crippen LogP contribution in [0.5, 0.6) is 5.75 Å². The van der Waals surface area contributed by atoms with Gasteiger partial charge in [-0.15, -0.1) is 0 Å². The lowest BCUT2D eigenvalue weighted by Gasteiger charge is -2.15. The van der Waals surface area contributed by atoms with E-state index in [1.165, 1.54) is 6.92 Å². The molecule has 0 aromatic heterocycles. The second kappa shape index (κ2) is 8.32. The third-order valence-corrected chi connectivity index (χ3v) is 4.20. The summed E-state index contributed by atoms with van der Waals surface area (Å²) in [5, 5.41) is 2.79. The monoisotopic (exact) mass is 359 g/mol. The molecule has 0 saturated heterocycles. The summed E-state index contributed by atoms with van der Waals surface area (Å²) in [4.78, 5) is 23.6. The van der Waals surface area contributed by atoms with Crippen molar-refractivity contribution in [2.45, 2.75) is 20.0 Å². The van der Waals surface area contributed by atoms with Crippen LogP contribution >= 0.6 is 0 Å². The van der Waals surface area contributed by atoms with E-state index >= 15 is 0 Å². The normalized spacial score (nSPS) is 11.5. The Hall–Kier alpha value is -3.40. The Kier molecular flexibility index (Phi) is 5.67. The van der Waals surface area contributed by atoms with Gasteiger partial charge in [0.1, 0.15) is 5.75 Å². The van der Waals surface area contributed by atoms with Crippen LogP contribution in [0.1, 0.15) is 24.2 Å². The minimum Gasteiger partial charge on any atom is -0.481 e. The molecule has 3 aromatic rings. The largest absolute Gasteiger partial charge is 0.481 e. The molecule has 0 aliphatic carbocycles. The number of benzene rings is 3.